The number of carbonyl (C=O) groups is 1. The van der Waals surface area contributed by atoms with Crippen LogP contribution in [0.25, 0.3) is 5.57 Å². The zero-order valence-corrected chi connectivity index (χ0v) is 17.0. The summed E-state index contributed by atoms with van der Waals surface area (Å²) in [4.78, 5) is 9.29. The van der Waals surface area contributed by atoms with Crippen molar-refractivity contribution in [2.45, 2.75) is 20.8 Å². The van der Waals surface area contributed by atoms with Gasteiger partial charge in [0.2, 0.25) is 6.41 Å². The van der Waals surface area contributed by atoms with Gasteiger partial charge in [0.05, 0.1) is 10.7 Å². The van der Waals surface area contributed by atoms with Crippen LogP contribution in [0.5, 0.6) is 0 Å². The summed E-state index contributed by atoms with van der Waals surface area (Å²) in [6.07, 6.45) is 2.38. The molecule has 4 nitrogen and oxygen atoms in total. The van der Waals surface area contributed by atoms with E-state index in [9.17, 15) is 9.18 Å². The van der Waals surface area contributed by atoms with E-state index in [0.717, 1.165) is 6.54 Å². The minimum absolute atomic E-state index is 0.348. The van der Waals surface area contributed by atoms with Crippen molar-refractivity contribution in [1.29, 1.82) is 0 Å². The fraction of sp³-hybridized carbons (Fsp3) is 0.438. The van der Waals surface area contributed by atoms with Crippen LogP contribution in [0.4, 0.5) is 10.1 Å². The topological polar surface area (TPSA) is 53.2 Å². The molecule has 138 valence electrons. The van der Waals surface area contributed by atoms with E-state index in [1.807, 2.05) is 13.8 Å². The van der Waals surface area contributed by atoms with E-state index in [4.69, 9.17) is 23.2 Å². The van der Waals surface area contributed by atoms with Gasteiger partial charge in [-0.15, -0.1) is 0 Å². The Hall–Kier alpha value is -1.11. The first-order valence-corrected chi connectivity index (χ1v) is 8.96. The van der Waals surface area contributed by atoms with Gasteiger partial charge in [0.15, 0.2) is 0 Å². The van der Waals surface area contributed by atoms with Crippen LogP contribution in [-0.4, -0.2) is 32.8 Å². The molecule has 0 spiro atoms. The molecule has 1 aromatic carbocycles. The third-order valence-corrected chi connectivity index (χ3v) is 3.41. The van der Waals surface area contributed by atoms with Crippen LogP contribution in [0.2, 0.25) is 5.02 Å². The molecule has 3 N–H and O–H groups in total. The number of amides is 1. The third kappa shape index (κ3) is 9.25. The first-order valence-electron chi connectivity index (χ1n) is 7.31. The lowest BCUT2D eigenvalue weighted by Crippen LogP contribution is -2.09. The van der Waals surface area contributed by atoms with Crippen LogP contribution in [0, 0.1) is 5.82 Å². The Morgan fingerprint density at radius 3 is 2.25 bits per heavy atom. The number of halogens is 3. The van der Waals surface area contributed by atoms with Crippen molar-refractivity contribution < 1.29 is 9.18 Å². The van der Waals surface area contributed by atoms with Gasteiger partial charge >= 0.3 is 0 Å². The summed E-state index contributed by atoms with van der Waals surface area (Å²) in [5.41, 5.74) is 1.76. The van der Waals surface area contributed by atoms with Crippen molar-refractivity contribution in [3.8, 4) is 0 Å². The Labute approximate surface area is 159 Å². The molecule has 8 heteroatoms. The Bertz CT molecular complexity index is 528. The molecule has 1 rings (SSSR count). The van der Waals surface area contributed by atoms with Gasteiger partial charge < -0.3 is 16.0 Å². The Morgan fingerprint density at radius 2 is 1.88 bits per heavy atom. The SMILES string of the molecule is CCN/C(Cl)=C(\C)c1cc(NC)c(Cl)cc1F.CCNC=O.CS. The second kappa shape index (κ2) is 15.4. The van der Waals surface area contributed by atoms with Crippen molar-refractivity contribution in [2.24, 2.45) is 0 Å². The van der Waals surface area contributed by atoms with Crippen molar-refractivity contribution in [2.75, 3.05) is 31.7 Å². The molecule has 0 radical (unpaired) electrons. The highest BCUT2D eigenvalue weighted by atomic mass is 35.5. The molecule has 0 aliphatic heterocycles. The molecule has 0 unspecified atom stereocenters. The average Bonchev–Trinajstić information content (AvgIpc) is 2.58. The molecular weight excluding hydrogens is 372 g/mol. The zero-order chi connectivity index (χ0) is 19.1. The normalized spacial score (nSPS) is 10.2. The maximum Gasteiger partial charge on any atom is 0.207 e. The van der Waals surface area contributed by atoms with E-state index in [-0.39, 0.29) is 5.82 Å². The molecule has 0 aliphatic rings. The maximum absolute atomic E-state index is 13.8. The minimum Gasteiger partial charge on any atom is -0.387 e. The van der Waals surface area contributed by atoms with Gasteiger partial charge in [-0.05, 0) is 44.7 Å². The van der Waals surface area contributed by atoms with Gasteiger partial charge in [0, 0.05) is 25.7 Å². The minimum atomic E-state index is -0.387. The van der Waals surface area contributed by atoms with E-state index in [0.29, 0.717) is 40.0 Å². The summed E-state index contributed by atoms with van der Waals surface area (Å²) in [6, 6.07) is 2.93. The Kier molecular flexibility index (Phi) is 16.1. The molecule has 0 aromatic heterocycles. The highest BCUT2D eigenvalue weighted by Gasteiger charge is 2.11. The molecule has 1 amide bonds. The van der Waals surface area contributed by atoms with Gasteiger partial charge in [0.1, 0.15) is 11.0 Å². The number of anilines is 1. The second-order valence-electron chi connectivity index (χ2n) is 4.21. The van der Waals surface area contributed by atoms with E-state index in [1.165, 1.54) is 6.07 Å². The highest BCUT2D eigenvalue weighted by molar-refractivity contribution is 7.79. The lowest BCUT2D eigenvalue weighted by atomic mass is 10.1. The summed E-state index contributed by atoms with van der Waals surface area (Å²) >= 11 is 15.4. The molecule has 0 bridgehead atoms. The lowest BCUT2D eigenvalue weighted by Gasteiger charge is -2.11. The van der Waals surface area contributed by atoms with Crippen molar-refractivity contribution in [1.82, 2.24) is 10.6 Å². The summed E-state index contributed by atoms with van der Waals surface area (Å²) in [7, 11) is 1.73. The van der Waals surface area contributed by atoms with Gasteiger partial charge in [-0.3, -0.25) is 4.79 Å². The number of rotatable bonds is 6. The van der Waals surface area contributed by atoms with Crippen LogP contribution in [0.1, 0.15) is 26.3 Å². The zero-order valence-electron chi connectivity index (χ0n) is 14.6. The van der Waals surface area contributed by atoms with E-state index >= 15 is 0 Å². The van der Waals surface area contributed by atoms with Crippen molar-refractivity contribution in [3.05, 3.63) is 33.7 Å². The summed E-state index contributed by atoms with van der Waals surface area (Å²) in [6.45, 7) is 6.96. The summed E-state index contributed by atoms with van der Waals surface area (Å²) in [5.74, 6) is -0.387. The van der Waals surface area contributed by atoms with Crippen LogP contribution in [0.3, 0.4) is 0 Å². The molecular formula is C16H26Cl2FN3OS. The number of allylic oxidation sites excluding steroid dienone is 1. The number of nitrogens with one attached hydrogen (secondary N) is 3. The van der Waals surface area contributed by atoms with Gasteiger partial charge in [-0.1, -0.05) is 23.2 Å². The molecule has 0 atom stereocenters. The van der Waals surface area contributed by atoms with E-state index < -0.39 is 0 Å². The van der Waals surface area contributed by atoms with Crippen molar-refractivity contribution in [3.63, 3.8) is 0 Å². The molecule has 0 heterocycles. The van der Waals surface area contributed by atoms with Crippen LogP contribution < -0.4 is 16.0 Å². The fourth-order valence-corrected chi connectivity index (χ4v) is 2.00. The predicted octanol–water partition coefficient (Wildman–Crippen LogP) is 4.36. The second-order valence-corrected chi connectivity index (χ2v) is 4.99. The van der Waals surface area contributed by atoms with Gasteiger partial charge in [-0.25, -0.2) is 4.39 Å². The monoisotopic (exact) mass is 397 g/mol. The Morgan fingerprint density at radius 1 is 1.29 bits per heavy atom. The lowest BCUT2D eigenvalue weighted by molar-refractivity contribution is -0.109. The number of thiol groups is 1. The van der Waals surface area contributed by atoms with Crippen LogP contribution in [0.15, 0.2) is 17.3 Å². The highest BCUT2D eigenvalue weighted by Crippen LogP contribution is 2.30. The molecule has 0 aliphatic carbocycles. The molecule has 1 aromatic rings. The summed E-state index contributed by atoms with van der Waals surface area (Å²) in [5, 5.41) is 9.07. The fourth-order valence-electron chi connectivity index (χ4n) is 1.52. The van der Waals surface area contributed by atoms with Gasteiger partial charge in [-0.2, -0.15) is 12.6 Å². The van der Waals surface area contributed by atoms with Gasteiger partial charge in [0.25, 0.3) is 0 Å². The third-order valence-electron chi connectivity index (χ3n) is 2.68. The first kappa shape index (κ1) is 25.1. The molecule has 0 saturated carbocycles. The predicted molar refractivity (Wildman–Crippen MR) is 108 cm³/mol. The molecule has 24 heavy (non-hydrogen) atoms. The van der Waals surface area contributed by atoms with Crippen LogP contribution in [-0.2, 0) is 4.79 Å². The molecule has 0 saturated heterocycles. The number of hydrogen-bond donors (Lipinski definition) is 4. The van der Waals surface area contributed by atoms with E-state index in [2.05, 4.69) is 28.6 Å². The average molecular weight is 398 g/mol. The van der Waals surface area contributed by atoms with Crippen molar-refractivity contribution >= 4 is 53.5 Å². The molecule has 0 fully saturated rings. The smallest absolute Gasteiger partial charge is 0.207 e. The Balaban J connectivity index is 0. The standard InChI is InChI=1S/C12H15Cl2FN2.C3H7NO.CH4S/c1-4-17-12(14)7(2)8-5-11(16-3)9(13)6-10(8)15;1-2-4-3-5;1-2/h5-6,16-17H,4H2,1-3H3;3H,2H2,1H3,(H,4,5);2H,1H3/b12-7+;;. The van der Waals surface area contributed by atoms with E-state index in [1.54, 1.807) is 26.3 Å². The first-order chi connectivity index (χ1) is 11.4. The largest absolute Gasteiger partial charge is 0.387 e. The maximum atomic E-state index is 13.8. The summed E-state index contributed by atoms with van der Waals surface area (Å²) < 4.78 is 13.8. The number of carbonyl (C=O) groups excluding carboxylic acids is 1. The van der Waals surface area contributed by atoms with Crippen LogP contribution >= 0.6 is 35.8 Å². The number of benzene rings is 1. The quantitative estimate of drug-likeness (QED) is 0.327. The number of hydrogen-bond acceptors (Lipinski definition) is 4.